The predicted molar refractivity (Wildman–Crippen MR) is 138 cm³/mol. The monoisotopic (exact) mass is 515 g/mol. The van der Waals surface area contributed by atoms with E-state index in [1.165, 1.54) is 22.8 Å². The molecule has 2 rings (SSSR count). The Morgan fingerprint density at radius 3 is 2.17 bits per heavy atom. The second-order valence-electron chi connectivity index (χ2n) is 5.47. The smallest absolute Gasteiger partial charge is 0.357 e. The molecule has 0 aromatic heterocycles. The lowest BCUT2D eigenvalue weighted by molar-refractivity contribution is -0.142. The van der Waals surface area contributed by atoms with Crippen molar-refractivity contribution in [3.05, 3.63) is 71.8 Å². The topological polar surface area (TPSA) is 65.0 Å². The van der Waals surface area contributed by atoms with Crippen molar-refractivity contribution in [2.45, 2.75) is 17.8 Å². The zero-order chi connectivity index (χ0) is 21.6. The van der Waals surface area contributed by atoms with E-state index in [2.05, 4.69) is 12.8 Å². The number of esters is 2. The summed E-state index contributed by atoms with van der Waals surface area (Å²) in [6.45, 7) is 0.411. The molecule has 0 amide bonds. The minimum Gasteiger partial charge on any atom is -0.459 e. The van der Waals surface area contributed by atoms with Crippen molar-refractivity contribution in [2.24, 2.45) is 4.40 Å². The van der Waals surface area contributed by atoms with Gasteiger partial charge in [0.1, 0.15) is 13.2 Å². The first-order valence-electron chi connectivity index (χ1n) is 8.51. The van der Waals surface area contributed by atoms with Crippen LogP contribution in [0.15, 0.2) is 65.1 Å². The Bertz CT molecular complexity index is 856. The number of ether oxygens (including phenoxy) is 2. The van der Waals surface area contributed by atoms with Crippen molar-refractivity contribution in [3.63, 3.8) is 0 Å². The average Bonchev–Trinajstić information content (AvgIpc) is 2.79. The minimum atomic E-state index is -0.574. The van der Waals surface area contributed by atoms with Crippen molar-refractivity contribution < 1.29 is 19.1 Å². The third-order valence-electron chi connectivity index (χ3n) is 3.34. The molecule has 0 spiro atoms. The maximum atomic E-state index is 12.2. The second-order valence-corrected chi connectivity index (χ2v) is 11.4. The summed E-state index contributed by atoms with van der Waals surface area (Å²) in [6, 6.07) is 18.9. The van der Waals surface area contributed by atoms with Crippen LogP contribution in [0.4, 0.5) is 0 Å². The van der Waals surface area contributed by atoms with Gasteiger partial charge in [-0.1, -0.05) is 81.3 Å². The molecule has 2 aromatic carbocycles. The molecule has 0 aliphatic heterocycles. The van der Waals surface area contributed by atoms with Crippen LogP contribution in [0.25, 0.3) is 0 Å². The van der Waals surface area contributed by atoms with E-state index in [-0.39, 0.29) is 35.7 Å². The third kappa shape index (κ3) is 9.90. The van der Waals surface area contributed by atoms with E-state index in [0.717, 1.165) is 23.1 Å². The van der Waals surface area contributed by atoms with Crippen LogP contribution >= 0.6 is 63.2 Å². The lowest BCUT2D eigenvalue weighted by Crippen LogP contribution is -2.14. The summed E-state index contributed by atoms with van der Waals surface area (Å²) in [5.41, 5.74) is 1.83. The molecule has 3 atom stereocenters. The Morgan fingerprint density at radius 2 is 1.60 bits per heavy atom. The highest BCUT2D eigenvalue weighted by atomic mass is 32.7. The van der Waals surface area contributed by atoms with Crippen molar-refractivity contribution in [1.82, 2.24) is 0 Å². The van der Waals surface area contributed by atoms with Gasteiger partial charge in [0.05, 0.1) is 0 Å². The van der Waals surface area contributed by atoms with E-state index < -0.39 is 5.97 Å². The molecule has 0 aliphatic rings. The molecular formula is C19H19NO4P2S4. The molecule has 2 aromatic rings. The molecule has 3 unspecified atom stereocenters. The van der Waals surface area contributed by atoms with Gasteiger partial charge < -0.3 is 9.47 Å². The van der Waals surface area contributed by atoms with Gasteiger partial charge >= 0.3 is 11.9 Å². The first-order chi connectivity index (χ1) is 14.6. The van der Waals surface area contributed by atoms with Crippen LogP contribution in [0.2, 0.25) is 0 Å². The van der Waals surface area contributed by atoms with Crippen LogP contribution in [0.1, 0.15) is 11.1 Å². The largest absolute Gasteiger partial charge is 0.459 e. The van der Waals surface area contributed by atoms with Crippen molar-refractivity contribution in [1.29, 1.82) is 0 Å². The van der Waals surface area contributed by atoms with Crippen molar-refractivity contribution >= 4 is 85.2 Å². The molecule has 0 saturated heterocycles. The Morgan fingerprint density at radius 1 is 1.03 bits per heavy atom. The fourth-order valence-corrected chi connectivity index (χ4v) is 7.55. The van der Waals surface area contributed by atoms with Gasteiger partial charge in [-0.3, -0.25) is 0 Å². The summed E-state index contributed by atoms with van der Waals surface area (Å²) in [5.74, 6) is 0.761. The Hall–Kier alpha value is -0.950. The van der Waals surface area contributed by atoms with Crippen LogP contribution in [-0.4, -0.2) is 26.7 Å². The van der Waals surface area contributed by atoms with E-state index in [1.54, 1.807) is 5.96 Å². The number of carbonyl (C=O) groups excluding carboxylic acids is 2. The zero-order valence-corrected chi connectivity index (χ0v) is 21.1. The minimum absolute atomic E-state index is 0.0382. The summed E-state index contributed by atoms with van der Waals surface area (Å²) in [4.78, 5) is 24.1. The number of carbonyl (C=O) groups is 2. The third-order valence-corrected chi connectivity index (χ3v) is 9.65. The lowest BCUT2D eigenvalue weighted by Gasteiger charge is -2.12. The van der Waals surface area contributed by atoms with Crippen LogP contribution in [0.5, 0.6) is 0 Å². The molecule has 0 bridgehead atoms. The number of hydrogen-bond acceptors (Lipinski definition) is 9. The summed E-state index contributed by atoms with van der Waals surface area (Å²) >= 11 is 8.65. The fourth-order valence-electron chi connectivity index (χ4n) is 1.94. The maximum absolute atomic E-state index is 12.2. The fraction of sp³-hybridized carbons (Fsp3) is 0.158. The number of rotatable bonds is 10. The summed E-state index contributed by atoms with van der Waals surface area (Å²) in [7, 11) is 2.69. The van der Waals surface area contributed by atoms with Crippen LogP contribution < -0.4 is 0 Å². The molecule has 0 N–H and O–H groups in total. The zero-order valence-electron chi connectivity index (χ0n) is 15.6. The van der Waals surface area contributed by atoms with Gasteiger partial charge in [-0.25, -0.2) is 14.0 Å². The Balaban J connectivity index is 1.65. The lowest BCUT2D eigenvalue weighted by atomic mass is 10.2. The van der Waals surface area contributed by atoms with E-state index in [9.17, 15) is 9.59 Å². The van der Waals surface area contributed by atoms with Gasteiger partial charge in [0.2, 0.25) is 0 Å². The van der Waals surface area contributed by atoms with Gasteiger partial charge in [0.25, 0.3) is 0 Å². The predicted octanol–water partition coefficient (Wildman–Crippen LogP) is 5.65. The standard InChI is InChI=1S/C19H19NO4P2S4/c21-16(23-11-14-7-3-1-4-8-14)18(27)28-20-13-26-30-19(29-25)17(22)24-12-15-9-5-2-6-10-15/h1-10,13,19,26H,11-12,25H2. The highest BCUT2D eigenvalue weighted by Gasteiger charge is 2.19. The molecule has 0 aliphatic carbocycles. The second kappa shape index (κ2) is 15.0. The van der Waals surface area contributed by atoms with E-state index in [1.807, 2.05) is 60.7 Å². The van der Waals surface area contributed by atoms with Gasteiger partial charge in [0.15, 0.2) is 8.78 Å². The SMILES string of the molecule is O=C(OCc1ccccc1)C(=S)SN=CPSC(SP)C(=O)OCc1ccccc1. The molecule has 5 nitrogen and oxygen atoms in total. The maximum Gasteiger partial charge on any atom is 0.357 e. The quantitative estimate of drug-likeness (QED) is 0.100. The van der Waals surface area contributed by atoms with Crippen LogP contribution in [-0.2, 0) is 32.3 Å². The molecule has 0 heterocycles. The summed E-state index contributed by atoms with van der Waals surface area (Å²) in [6.07, 6.45) is 0. The highest BCUT2D eigenvalue weighted by molar-refractivity contribution is 8.61. The van der Waals surface area contributed by atoms with Crippen molar-refractivity contribution in [2.75, 3.05) is 0 Å². The van der Waals surface area contributed by atoms with Gasteiger partial charge in [-0.2, -0.15) is 0 Å². The first kappa shape index (κ1) is 25.3. The Kier molecular flexibility index (Phi) is 12.6. The number of benzene rings is 2. The van der Waals surface area contributed by atoms with Gasteiger partial charge in [-0.15, -0.1) is 22.8 Å². The molecule has 0 saturated carbocycles. The molecule has 0 radical (unpaired) electrons. The molecule has 11 heteroatoms. The van der Waals surface area contributed by atoms with Gasteiger partial charge in [0, 0.05) is 17.9 Å². The number of hydrogen-bond donors (Lipinski definition) is 0. The average molecular weight is 516 g/mol. The molecule has 158 valence electrons. The van der Waals surface area contributed by atoms with E-state index >= 15 is 0 Å². The molecule has 0 fully saturated rings. The highest BCUT2D eigenvalue weighted by Crippen LogP contribution is 2.41. The molecule has 30 heavy (non-hydrogen) atoms. The first-order valence-corrected chi connectivity index (χ1v) is 14.7. The van der Waals surface area contributed by atoms with E-state index in [4.69, 9.17) is 21.7 Å². The summed E-state index contributed by atoms with van der Waals surface area (Å²) < 4.78 is 14.2. The van der Waals surface area contributed by atoms with E-state index in [0.29, 0.717) is 0 Å². The van der Waals surface area contributed by atoms with Crippen molar-refractivity contribution in [3.8, 4) is 0 Å². The molecular weight excluding hydrogens is 496 g/mol. The number of thiocarbonyl (C=S) groups is 1. The Labute approximate surface area is 197 Å². The number of nitrogens with zero attached hydrogens (tertiary/aromatic N) is 1. The van der Waals surface area contributed by atoms with Crippen LogP contribution in [0, 0.1) is 0 Å². The normalized spacial score (nSPS) is 12.2. The van der Waals surface area contributed by atoms with Crippen LogP contribution in [0.3, 0.4) is 0 Å². The summed E-state index contributed by atoms with van der Waals surface area (Å²) in [5, 5.41) is 0. The van der Waals surface area contributed by atoms with Gasteiger partial charge in [-0.05, 0) is 18.9 Å².